The zero-order valence-electron chi connectivity index (χ0n) is 14.3. The molecule has 5 nitrogen and oxygen atoms in total. The van der Waals surface area contributed by atoms with Crippen LogP contribution in [0.15, 0.2) is 60.7 Å². The minimum atomic E-state index is -0.850. The van der Waals surface area contributed by atoms with Gasteiger partial charge in [0.15, 0.2) is 0 Å². The molecule has 0 saturated heterocycles. The Labute approximate surface area is 151 Å². The van der Waals surface area contributed by atoms with E-state index in [9.17, 15) is 9.90 Å². The minimum Gasteiger partial charge on any atom is -0.487 e. The van der Waals surface area contributed by atoms with Gasteiger partial charge in [-0.1, -0.05) is 36.4 Å². The van der Waals surface area contributed by atoms with Crippen molar-refractivity contribution in [3.63, 3.8) is 0 Å². The van der Waals surface area contributed by atoms with Crippen molar-refractivity contribution in [3.05, 3.63) is 71.9 Å². The quantitative estimate of drug-likeness (QED) is 0.639. The monoisotopic (exact) mass is 351 g/mol. The lowest BCUT2D eigenvalue weighted by atomic mass is 10.0. The first-order valence-electron chi connectivity index (χ1n) is 8.59. The van der Waals surface area contributed by atoms with E-state index in [0.29, 0.717) is 25.2 Å². The SMILES string of the molecule is O=C(O)CCCC(O)c1cccc(OCc2ccc3ccccc3n2)c1. The topological polar surface area (TPSA) is 79.7 Å². The molecule has 3 aromatic rings. The summed E-state index contributed by atoms with van der Waals surface area (Å²) in [6, 6.07) is 19.1. The number of aromatic nitrogens is 1. The Hall–Kier alpha value is -2.92. The highest BCUT2D eigenvalue weighted by molar-refractivity contribution is 5.78. The third kappa shape index (κ3) is 4.80. The van der Waals surface area contributed by atoms with Crippen molar-refractivity contribution in [1.29, 1.82) is 0 Å². The van der Waals surface area contributed by atoms with Crippen LogP contribution < -0.4 is 4.74 Å². The number of fused-ring (bicyclic) bond motifs is 1. The maximum atomic E-state index is 10.6. The molecule has 1 atom stereocenters. The number of benzene rings is 2. The van der Waals surface area contributed by atoms with Crippen LogP contribution in [0.1, 0.15) is 36.6 Å². The number of carboxylic acids is 1. The highest BCUT2D eigenvalue weighted by Gasteiger charge is 2.10. The van der Waals surface area contributed by atoms with Crippen molar-refractivity contribution in [1.82, 2.24) is 4.98 Å². The van der Waals surface area contributed by atoms with Crippen molar-refractivity contribution in [3.8, 4) is 5.75 Å². The largest absolute Gasteiger partial charge is 0.487 e. The number of aliphatic carboxylic acids is 1. The summed E-state index contributed by atoms with van der Waals surface area (Å²) in [5, 5.41) is 20.0. The van der Waals surface area contributed by atoms with Crippen molar-refractivity contribution in [2.45, 2.75) is 32.0 Å². The normalized spacial score (nSPS) is 12.0. The molecule has 26 heavy (non-hydrogen) atoms. The van der Waals surface area contributed by atoms with E-state index in [1.807, 2.05) is 54.6 Å². The Balaban J connectivity index is 1.61. The van der Waals surface area contributed by atoms with Crippen LogP contribution in [0.5, 0.6) is 5.75 Å². The first kappa shape index (κ1) is 17.9. The van der Waals surface area contributed by atoms with Crippen LogP contribution >= 0.6 is 0 Å². The maximum absolute atomic E-state index is 10.6. The van der Waals surface area contributed by atoms with Gasteiger partial charge in [-0.15, -0.1) is 0 Å². The minimum absolute atomic E-state index is 0.0564. The van der Waals surface area contributed by atoms with Crippen LogP contribution in [-0.4, -0.2) is 21.2 Å². The Kier molecular flexibility index (Phi) is 5.81. The number of nitrogens with zero attached hydrogens (tertiary/aromatic N) is 1. The number of pyridine rings is 1. The van der Waals surface area contributed by atoms with E-state index in [2.05, 4.69) is 4.98 Å². The Bertz CT molecular complexity index is 894. The lowest BCUT2D eigenvalue weighted by Crippen LogP contribution is -2.02. The first-order chi connectivity index (χ1) is 12.6. The summed E-state index contributed by atoms with van der Waals surface area (Å²) >= 11 is 0. The molecule has 2 aromatic carbocycles. The van der Waals surface area contributed by atoms with E-state index < -0.39 is 12.1 Å². The number of rotatable bonds is 8. The van der Waals surface area contributed by atoms with Gasteiger partial charge in [0.2, 0.25) is 0 Å². The molecule has 1 unspecified atom stereocenters. The molecule has 0 aliphatic heterocycles. The van der Waals surface area contributed by atoms with Crippen LogP contribution in [0.4, 0.5) is 0 Å². The molecular formula is C21H21NO4. The summed E-state index contributed by atoms with van der Waals surface area (Å²) < 4.78 is 5.81. The predicted molar refractivity (Wildman–Crippen MR) is 99.0 cm³/mol. The molecular weight excluding hydrogens is 330 g/mol. The van der Waals surface area contributed by atoms with Gasteiger partial charge in [0.25, 0.3) is 0 Å². The number of carboxylic acid groups (broad SMARTS) is 1. The van der Waals surface area contributed by atoms with Crippen LogP contribution in [-0.2, 0) is 11.4 Å². The van der Waals surface area contributed by atoms with Crippen molar-refractivity contribution >= 4 is 16.9 Å². The number of para-hydroxylation sites is 1. The third-order valence-electron chi connectivity index (χ3n) is 4.15. The predicted octanol–water partition coefficient (Wildman–Crippen LogP) is 4.10. The van der Waals surface area contributed by atoms with Gasteiger partial charge in [-0.05, 0) is 42.7 Å². The Morgan fingerprint density at radius 3 is 2.77 bits per heavy atom. The van der Waals surface area contributed by atoms with Crippen molar-refractivity contribution in [2.24, 2.45) is 0 Å². The van der Waals surface area contributed by atoms with Gasteiger partial charge < -0.3 is 14.9 Å². The molecule has 0 radical (unpaired) electrons. The fourth-order valence-corrected chi connectivity index (χ4v) is 2.77. The Morgan fingerprint density at radius 1 is 1.08 bits per heavy atom. The third-order valence-corrected chi connectivity index (χ3v) is 4.15. The lowest BCUT2D eigenvalue weighted by molar-refractivity contribution is -0.137. The van der Waals surface area contributed by atoms with Crippen molar-refractivity contribution in [2.75, 3.05) is 0 Å². The summed E-state index contributed by atoms with van der Waals surface area (Å²) in [5.74, 6) is -0.202. The number of aliphatic hydroxyl groups excluding tert-OH is 1. The lowest BCUT2D eigenvalue weighted by Gasteiger charge is -2.12. The molecule has 0 aliphatic carbocycles. The molecule has 2 N–H and O–H groups in total. The molecule has 0 amide bonds. The summed E-state index contributed by atoms with van der Waals surface area (Å²) in [4.78, 5) is 15.1. The second-order valence-corrected chi connectivity index (χ2v) is 6.16. The van der Waals surface area contributed by atoms with E-state index in [0.717, 1.165) is 22.2 Å². The molecule has 134 valence electrons. The number of hydrogen-bond acceptors (Lipinski definition) is 4. The van der Waals surface area contributed by atoms with E-state index in [-0.39, 0.29) is 6.42 Å². The molecule has 3 rings (SSSR count). The average molecular weight is 351 g/mol. The van der Waals surface area contributed by atoms with Crippen LogP contribution in [0.2, 0.25) is 0 Å². The van der Waals surface area contributed by atoms with Gasteiger partial charge in [0.05, 0.1) is 17.3 Å². The fourth-order valence-electron chi connectivity index (χ4n) is 2.77. The van der Waals surface area contributed by atoms with E-state index >= 15 is 0 Å². The number of hydrogen-bond donors (Lipinski definition) is 2. The summed E-state index contributed by atoms with van der Waals surface area (Å²) in [6.07, 6.45) is 0.197. The molecule has 0 bridgehead atoms. The average Bonchev–Trinajstić information content (AvgIpc) is 2.66. The number of aliphatic hydroxyl groups is 1. The number of carbonyl (C=O) groups is 1. The van der Waals surface area contributed by atoms with Gasteiger partial charge in [0.1, 0.15) is 12.4 Å². The molecule has 0 spiro atoms. The van der Waals surface area contributed by atoms with E-state index in [1.54, 1.807) is 6.07 Å². The fraction of sp³-hybridized carbons (Fsp3) is 0.238. The zero-order valence-corrected chi connectivity index (χ0v) is 14.3. The van der Waals surface area contributed by atoms with Gasteiger partial charge in [0, 0.05) is 11.8 Å². The second-order valence-electron chi connectivity index (χ2n) is 6.16. The maximum Gasteiger partial charge on any atom is 0.303 e. The highest BCUT2D eigenvalue weighted by atomic mass is 16.5. The number of ether oxygens (including phenoxy) is 1. The smallest absolute Gasteiger partial charge is 0.303 e. The highest BCUT2D eigenvalue weighted by Crippen LogP contribution is 2.24. The summed E-state index contributed by atoms with van der Waals surface area (Å²) in [7, 11) is 0. The van der Waals surface area contributed by atoms with Gasteiger partial charge in [-0.25, -0.2) is 4.98 Å². The molecule has 1 heterocycles. The molecule has 5 heteroatoms. The second kappa shape index (κ2) is 8.45. The van der Waals surface area contributed by atoms with Crippen molar-refractivity contribution < 1.29 is 19.7 Å². The zero-order chi connectivity index (χ0) is 18.4. The molecule has 0 fully saturated rings. The van der Waals surface area contributed by atoms with Crippen LogP contribution in [0.3, 0.4) is 0 Å². The molecule has 0 saturated carbocycles. The van der Waals surface area contributed by atoms with Gasteiger partial charge in [-0.3, -0.25) is 4.79 Å². The van der Waals surface area contributed by atoms with Crippen LogP contribution in [0.25, 0.3) is 10.9 Å². The van der Waals surface area contributed by atoms with E-state index in [4.69, 9.17) is 9.84 Å². The standard InChI is InChI=1S/C21H21NO4/c23-20(9-4-10-21(24)25)16-6-3-7-18(13-16)26-14-17-12-11-15-5-1-2-8-19(15)22-17/h1-3,5-8,11-13,20,23H,4,9-10,14H2,(H,24,25). The van der Waals surface area contributed by atoms with E-state index in [1.165, 1.54) is 0 Å². The molecule has 0 aliphatic rings. The Morgan fingerprint density at radius 2 is 1.92 bits per heavy atom. The van der Waals surface area contributed by atoms with Gasteiger partial charge in [-0.2, -0.15) is 0 Å². The first-order valence-corrected chi connectivity index (χ1v) is 8.59. The summed E-state index contributed by atoms with van der Waals surface area (Å²) in [5.41, 5.74) is 2.48. The summed E-state index contributed by atoms with van der Waals surface area (Å²) in [6.45, 7) is 0.337. The van der Waals surface area contributed by atoms with Gasteiger partial charge >= 0.3 is 5.97 Å². The molecule has 1 aromatic heterocycles. The van der Waals surface area contributed by atoms with Crippen LogP contribution in [0, 0.1) is 0 Å².